The zero-order valence-corrected chi connectivity index (χ0v) is 10.0. The topological polar surface area (TPSA) is 38.0 Å². The third-order valence-electron chi connectivity index (χ3n) is 2.05. The second kappa shape index (κ2) is 4.35. The van der Waals surface area contributed by atoms with Crippen LogP contribution >= 0.6 is 27.5 Å². The van der Waals surface area contributed by atoms with Gasteiger partial charge in [0.15, 0.2) is 0 Å². The molecule has 0 radical (unpaired) electrons. The molecule has 1 heterocycles. The average molecular weight is 288 g/mol. The number of nitrogens with zero attached hydrogens (tertiary/aromatic N) is 2. The van der Waals surface area contributed by atoms with E-state index in [1.54, 1.807) is 16.9 Å². The van der Waals surface area contributed by atoms with E-state index in [0.717, 1.165) is 10.2 Å². The molecule has 0 aliphatic carbocycles. The van der Waals surface area contributed by atoms with Gasteiger partial charge in [0, 0.05) is 16.8 Å². The molecular weight excluding hydrogens is 279 g/mol. The van der Waals surface area contributed by atoms with Gasteiger partial charge in [0.25, 0.3) is 0 Å². The minimum atomic E-state index is -0.105. The number of rotatable bonds is 2. The van der Waals surface area contributed by atoms with Crippen molar-refractivity contribution in [3.63, 3.8) is 0 Å². The largest absolute Gasteiger partial charge is 0.392 e. The molecule has 15 heavy (non-hydrogen) atoms. The van der Waals surface area contributed by atoms with Crippen LogP contribution in [0, 0.1) is 0 Å². The summed E-state index contributed by atoms with van der Waals surface area (Å²) in [4.78, 5) is 0. The monoisotopic (exact) mass is 286 g/mol. The highest BCUT2D eigenvalue weighted by atomic mass is 79.9. The van der Waals surface area contributed by atoms with Crippen molar-refractivity contribution in [2.45, 2.75) is 6.61 Å². The summed E-state index contributed by atoms with van der Waals surface area (Å²) in [6, 6.07) is 5.43. The molecule has 0 aliphatic rings. The van der Waals surface area contributed by atoms with Crippen LogP contribution in [0.15, 0.2) is 35.1 Å². The van der Waals surface area contributed by atoms with Gasteiger partial charge in [0.1, 0.15) is 0 Å². The Morgan fingerprint density at radius 3 is 2.87 bits per heavy atom. The zero-order valence-electron chi connectivity index (χ0n) is 7.69. The maximum atomic E-state index is 9.23. The molecule has 0 atom stereocenters. The van der Waals surface area contributed by atoms with Gasteiger partial charge in [0.05, 0.1) is 23.0 Å². The predicted octanol–water partition coefficient (Wildman–Crippen LogP) is 2.78. The van der Waals surface area contributed by atoms with Crippen LogP contribution in [-0.4, -0.2) is 14.9 Å². The zero-order chi connectivity index (χ0) is 10.8. The summed E-state index contributed by atoms with van der Waals surface area (Å²) in [7, 11) is 0. The Balaban J connectivity index is 2.57. The molecule has 0 bridgehead atoms. The van der Waals surface area contributed by atoms with E-state index >= 15 is 0 Å². The summed E-state index contributed by atoms with van der Waals surface area (Å²) in [6.07, 6.45) is 3.49. The normalized spacial score (nSPS) is 10.6. The Bertz CT molecular complexity index is 484. The van der Waals surface area contributed by atoms with Crippen molar-refractivity contribution in [2.24, 2.45) is 0 Å². The van der Waals surface area contributed by atoms with Gasteiger partial charge in [-0.05, 0) is 28.1 Å². The van der Waals surface area contributed by atoms with Crippen LogP contribution in [0.3, 0.4) is 0 Å². The second-order valence-electron chi connectivity index (χ2n) is 3.00. The maximum Gasteiger partial charge on any atom is 0.0717 e. The number of aromatic nitrogens is 2. The molecule has 3 nitrogen and oxygen atoms in total. The van der Waals surface area contributed by atoms with Crippen LogP contribution in [0.1, 0.15) is 5.56 Å². The quantitative estimate of drug-likeness (QED) is 0.922. The SMILES string of the molecule is OCc1c(Cl)cccc1-n1cc(Br)cn1. The van der Waals surface area contributed by atoms with Crippen LogP contribution in [-0.2, 0) is 6.61 Å². The van der Waals surface area contributed by atoms with E-state index in [0.29, 0.717) is 10.6 Å². The van der Waals surface area contributed by atoms with E-state index in [1.807, 2.05) is 18.3 Å². The number of hydrogen-bond donors (Lipinski definition) is 1. The molecule has 0 amide bonds. The Hall–Kier alpha value is -0.840. The first-order valence-corrected chi connectivity index (χ1v) is 5.48. The van der Waals surface area contributed by atoms with Crippen LogP contribution < -0.4 is 0 Å². The Labute approximate surface area is 100 Å². The summed E-state index contributed by atoms with van der Waals surface area (Å²) < 4.78 is 2.55. The minimum Gasteiger partial charge on any atom is -0.392 e. The molecule has 0 saturated heterocycles. The van der Waals surface area contributed by atoms with E-state index in [-0.39, 0.29) is 6.61 Å². The highest BCUT2D eigenvalue weighted by Crippen LogP contribution is 2.23. The lowest BCUT2D eigenvalue weighted by atomic mass is 10.2. The first kappa shape index (κ1) is 10.7. The van der Waals surface area contributed by atoms with Crippen molar-refractivity contribution < 1.29 is 5.11 Å². The van der Waals surface area contributed by atoms with Crippen molar-refractivity contribution >= 4 is 27.5 Å². The summed E-state index contributed by atoms with van der Waals surface area (Å²) in [5.41, 5.74) is 1.46. The van der Waals surface area contributed by atoms with Gasteiger partial charge in [-0.1, -0.05) is 17.7 Å². The third-order valence-corrected chi connectivity index (χ3v) is 2.81. The van der Waals surface area contributed by atoms with Gasteiger partial charge in [-0.3, -0.25) is 0 Å². The summed E-state index contributed by atoms with van der Waals surface area (Å²) in [5.74, 6) is 0. The van der Waals surface area contributed by atoms with Gasteiger partial charge in [-0.15, -0.1) is 0 Å². The first-order valence-electron chi connectivity index (χ1n) is 4.31. The Morgan fingerprint density at radius 2 is 2.27 bits per heavy atom. The van der Waals surface area contributed by atoms with E-state index in [9.17, 15) is 5.11 Å². The van der Waals surface area contributed by atoms with Gasteiger partial charge in [-0.2, -0.15) is 5.10 Å². The summed E-state index contributed by atoms with van der Waals surface area (Å²) >= 11 is 9.29. The molecule has 0 saturated carbocycles. The van der Waals surface area contributed by atoms with Gasteiger partial charge in [0.2, 0.25) is 0 Å². The molecule has 1 aromatic heterocycles. The Morgan fingerprint density at radius 1 is 1.47 bits per heavy atom. The lowest BCUT2D eigenvalue weighted by Gasteiger charge is -2.08. The minimum absolute atomic E-state index is 0.105. The lowest BCUT2D eigenvalue weighted by Crippen LogP contribution is -2.00. The molecule has 2 rings (SSSR count). The average Bonchev–Trinajstić information content (AvgIpc) is 2.64. The van der Waals surface area contributed by atoms with Crippen molar-refractivity contribution in [1.82, 2.24) is 9.78 Å². The molecule has 0 spiro atoms. The number of benzene rings is 1. The predicted molar refractivity (Wildman–Crippen MR) is 62.2 cm³/mol. The first-order chi connectivity index (χ1) is 7.22. The molecular formula is C10H8BrClN2O. The second-order valence-corrected chi connectivity index (χ2v) is 4.32. The van der Waals surface area contributed by atoms with E-state index in [4.69, 9.17) is 11.6 Å². The van der Waals surface area contributed by atoms with Crippen LogP contribution in [0.5, 0.6) is 0 Å². The molecule has 0 unspecified atom stereocenters. The molecule has 0 fully saturated rings. The van der Waals surface area contributed by atoms with Crippen LogP contribution in [0.4, 0.5) is 0 Å². The van der Waals surface area contributed by atoms with Crippen molar-refractivity contribution in [2.75, 3.05) is 0 Å². The third kappa shape index (κ3) is 2.07. The number of aliphatic hydroxyl groups excluding tert-OH is 1. The highest BCUT2D eigenvalue weighted by Gasteiger charge is 2.08. The van der Waals surface area contributed by atoms with Crippen LogP contribution in [0.2, 0.25) is 5.02 Å². The fourth-order valence-electron chi connectivity index (χ4n) is 1.35. The molecule has 2 aromatic rings. The highest BCUT2D eigenvalue weighted by molar-refractivity contribution is 9.10. The Kier molecular flexibility index (Phi) is 3.09. The lowest BCUT2D eigenvalue weighted by molar-refractivity contribution is 0.281. The summed E-state index contributed by atoms with van der Waals surface area (Å²) in [5, 5.41) is 13.9. The van der Waals surface area contributed by atoms with Crippen molar-refractivity contribution in [3.8, 4) is 5.69 Å². The number of aliphatic hydroxyl groups is 1. The van der Waals surface area contributed by atoms with E-state index in [2.05, 4.69) is 21.0 Å². The van der Waals surface area contributed by atoms with Crippen molar-refractivity contribution in [1.29, 1.82) is 0 Å². The molecule has 5 heteroatoms. The fourth-order valence-corrected chi connectivity index (χ4v) is 1.87. The number of halogens is 2. The van der Waals surface area contributed by atoms with Gasteiger partial charge < -0.3 is 5.11 Å². The molecule has 1 N–H and O–H groups in total. The molecule has 78 valence electrons. The van der Waals surface area contributed by atoms with Crippen molar-refractivity contribution in [3.05, 3.63) is 45.7 Å². The smallest absolute Gasteiger partial charge is 0.0717 e. The number of hydrogen-bond acceptors (Lipinski definition) is 2. The molecule has 1 aromatic carbocycles. The van der Waals surface area contributed by atoms with E-state index in [1.165, 1.54) is 0 Å². The molecule has 0 aliphatic heterocycles. The van der Waals surface area contributed by atoms with Gasteiger partial charge >= 0.3 is 0 Å². The van der Waals surface area contributed by atoms with Gasteiger partial charge in [-0.25, -0.2) is 4.68 Å². The van der Waals surface area contributed by atoms with E-state index < -0.39 is 0 Å². The summed E-state index contributed by atoms with van der Waals surface area (Å²) in [6.45, 7) is -0.105. The van der Waals surface area contributed by atoms with Crippen LogP contribution in [0.25, 0.3) is 5.69 Å². The maximum absolute atomic E-state index is 9.23. The fraction of sp³-hybridized carbons (Fsp3) is 0.100. The standard InChI is InChI=1S/C10H8BrClN2O/c11-7-4-13-14(5-7)10-3-1-2-9(12)8(10)6-15/h1-5,15H,6H2.